The van der Waals surface area contributed by atoms with Crippen molar-refractivity contribution in [2.75, 3.05) is 5.32 Å². The van der Waals surface area contributed by atoms with Gasteiger partial charge in [0.1, 0.15) is 16.5 Å². The van der Waals surface area contributed by atoms with E-state index in [4.69, 9.17) is 9.97 Å². The van der Waals surface area contributed by atoms with Crippen LogP contribution in [0, 0.1) is 0 Å². The highest BCUT2D eigenvalue weighted by atomic mass is 32.1. The molecule has 0 spiro atoms. The van der Waals surface area contributed by atoms with Crippen molar-refractivity contribution in [3.05, 3.63) is 46.6 Å². The summed E-state index contributed by atoms with van der Waals surface area (Å²) >= 11 is 1.89. The summed E-state index contributed by atoms with van der Waals surface area (Å²) in [5.74, 6) is 2.63. The van der Waals surface area contributed by atoms with E-state index in [9.17, 15) is 0 Å². The fraction of sp³-hybridized carbons (Fsp3) is 0.368. The van der Waals surface area contributed by atoms with E-state index in [-0.39, 0.29) is 0 Å². The predicted octanol–water partition coefficient (Wildman–Crippen LogP) is 5.19. The van der Waals surface area contributed by atoms with Crippen molar-refractivity contribution in [1.29, 1.82) is 0 Å². The molecule has 0 atom stereocenters. The Balaban J connectivity index is 1.69. The Morgan fingerprint density at radius 3 is 2.65 bits per heavy atom. The summed E-state index contributed by atoms with van der Waals surface area (Å²) in [6.07, 6.45) is 7.45. The van der Waals surface area contributed by atoms with Crippen LogP contribution in [0.1, 0.15) is 47.9 Å². The molecule has 1 fully saturated rings. The summed E-state index contributed by atoms with van der Waals surface area (Å²) < 4.78 is 0. The van der Waals surface area contributed by atoms with E-state index in [0.717, 1.165) is 17.3 Å². The summed E-state index contributed by atoms with van der Waals surface area (Å²) in [5.41, 5.74) is 2.60. The number of hydrogen-bond donors (Lipinski definition) is 1. The fourth-order valence-electron chi connectivity index (χ4n) is 3.45. The van der Waals surface area contributed by atoms with Crippen molar-refractivity contribution in [3.8, 4) is 0 Å². The third-order valence-corrected chi connectivity index (χ3v) is 6.00. The van der Waals surface area contributed by atoms with Crippen molar-refractivity contribution >= 4 is 33.1 Å². The van der Waals surface area contributed by atoms with Gasteiger partial charge in [0.05, 0.1) is 5.39 Å². The average Bonchev–Trinajstić information content (AvgIpc) is 3.36. The van der Waals surface area contributed by atoms with E-state index in [2.05, 4.69) is 29.6 Å². The van der Waals surface area contributed by atoms with Crippen LogP contribution in [-0.2, 0) is 12.8 Å². The van der Waals surface area contributed by atoms with Gasteiger partial charge in [-0.1, -0.05) is 18.2 Å². The first-order valence-corrected chi connectivity index (χ1v) is 9.34. The van der Waals surface area contributed by atoms with Crippen LogP contribution in [0.5, 0.6) is 0 Å². The molecule has 0 aliphatic heterocycles. The van der Waals surface area contributed by atoms with Gasteiger partial charge in [0, 0.05) is 16.5 Å². The second-order valence-electron chi connectivity index (χ2n) is 6.59. The van der Waals surface area contributed by atoms with Crippen LogP contribution in [0.25, 0.3) is 10.2 Å². The third kappa shape index (κ3) is 2.41. The molecule has 0 radical (unpaired) electrons. The summed E-state index contributed by atoms with van der Waals surface area (Å²) in [5, 5.41) is 4.84. The number of benzene rings is 1. The molecular weight excluding hydrogens is 302 g/mol. The Morgan fingerprint density at radius 1 is 1.00 bits per heavy atom. The summed E-state index contributed by atoms with van der Waals surface area (Å²) in [6.45, 7) is 0. The predicted molar refractivity (Wildman–Crippen MR) is 95.8 cm³/mol. The van der Waals surface area contributed by atoms with Gasteiger partial charge >= 0.3 is 0 Å². The molecule has 5 rings (SSSR count). The van der Waals surface area contributed by atoms with Crippen molar-refractivity contribution < 1.29 is 0 Å². The van der Waals surface area contributed by atoms with Gasteiger partial charge in [0.15, 0.2) is 0 Å². The molecule has 1 saturated carbocycles. The molecule has 2 aliphatic rings. The number of thiophene rings is 1. The topological polar surface area (TPSA) is 37.8 Å². The van der Waals surface area contributed by atoms with Crippen molar-refractivity contribution in [2.45, 2.75) is 44.4 Å². The monoisotopic (exact) mass is 321 g/mol. The lowest BCUT2D eigenvalue weighted by Gasteiger charge is -2.13. The SMILES string of the molecule is c1ccc(Nc2nc(C3CC3)nc3sc4c(c23)CCCC4)cc1. The minimum absolute atomic E-state index is 0.579. The van der Waals surface area contributed by atoms with Gasteiger partial charge in [-0.15, -0.1) is 11.3 Å². The lowest BCUT2D eigenvalue weighted by atomic mass is 9.97. The molecular formula is C19H19N3S. The summed E-state index contributed by atoms with van der Waals surface area (Å²) in [4.78, 5) is 12.6. The standard InChI is InChI=1S/C19H19N3S/c1-2-6-13(7-3-1)20-18-16-14-8-4-5-9-15(14)23-19(16)22-17(21-18)12-10-11-12/h1-3,6-7,12H,4-5,8-11H2,(H,20,21,22). The zero-order valence-corrected chi connectivity index (χ0v) is 13.8. The molecule has 116 valence electrons. The van der Waals surface area contributed by atoms with E-state index in [0.29, 0.717) is 5.92 Å². The van der Waals surface area contributed by atoms with Gasteiger partial charge < -0.3 is 5.32 Å². The van der Waals surface area contributed by atoms with Gasteiger partial charge in [-0.2, -0.15) is 0 Å². The largest absolute Gasteiger partial charge is 0.340 e. The molecule has 2 heterocycles. The molecule has 0 amide bonds. The van der Waals surface area contributed by atoms with E-state index in [1.54, 1.807) is 0 Å². The quantitative estimate of drug-likeness (QED) is 0.721. The highest BCUT2D eigenvalue weighted by Gasteiger charge is 2.29. The molecule has 23 heavy (non-hydrogen) atoms. The Morgan fingerprint density at radius 2 is 1.83 bits per heavy atom. The Bertz CT molecular complexity index is 865. The van der Waals surface area contributed by atoms with Crippen molar-refractivity contribution in [1.82, 2.24) is 9.97 Å². The highest BCUT2D eigenvalue weighted by Crippen LogP contribution is 2.43. The first kappa shape index (κ1) is 13.5. The minimum Gasteiger partial charge on any atom is -0.340 e. The smallest absolute Gasteiger partial charge is 0.143 e. The number of anilines is 2. The third-order valence-electron chi connectivity index (χ3n) is 4.81. The van der Waals surface area contributed by atoms with Crippen LogP contribution in [0.3, 0.4) is 0 Å². The van der Waals surface area contributed by atoms with E-state index in [1.165, 1.54) is 59.2 Å². The maximum atomic E-state index is 4.92. The Labute approximate surface area is 139 Å². The normalized spacial score (nSPS) is 17.2. The molecule has 0 unspecified atom stereocenters. The zero-order chi connectivity index (χ0) is 15.2. The molecule has 0 bridgehead atoms. The molecule has 2 aromatic heterocycles. The van der Waals surface area contributed by atoms with Crippen LogP contribution in [0.15, 0.2) is 30.3 Å². The van der Waals surface area contributed by atoms with E-state index in [1.807, 2.05) is 17.4 Å². The van der Waals surface area contributed by atoms with Crippen molar-refractivity contribution in [3.63, 3.8) is 0 Å². The van der Waals surface area contributed by atoms with Crippen LogP contribution >= 0.6 is 11.3 Å². The molecule has 3 aromatic rings. The Kier molecular flexibility index (Phi) is 3.11. The second-order valence-corrected chi connectivity index (χ2v) is 7.67. The number of aryl methyl sites for hydroxylation is 2. The van der Waals surface area contributed by atoms with Gasteiger partial charge in [-0.25, -0.2) is 9.97 Å². The molecule has 1 N–H and O–H groups in total. The number of hydrogen-bond acceptors (Lipinski definition) is 4. The lowest BCUT2D eigenvalue weighted by molar-refractivity contribution is 0.700. The van der Waals surface area contributed by atoms with Gasteiger partial charge in [0.2, 0.25) is 0 Å². The van der Waals surface area contributed by atoms with Gasteiger partial charge in [0.25, 0.3) is 0 Å². The number of nitrogens with one attached hydrogen (secondary N) is 1. The number of aromatic nitrogens is 2. The maximum absolute atomic E-state index is 4.92. The van der Waals surface area contributed by atoms with Gasteiger partial charge in [-0.3, -0.25) is 0 Å². The average molecular weight is 321 g/mol. The van der Waals surface area contributed by atoms with Crippen molar-refractivity contribution in [2.24, 2.45) is 0 Å². The first-order chi connectivity index (χ1) is 11.4. The van der Waals surface area contributed by atoms with Crippen LogP contribution in [0.2, 0.25) is 0 Å². The van der Waals surface area contributed by atoms with Gasteiger partial charge in [-0.05, 0) is 56.2 Å². The van der Waals surface area contributed by atoms with E-state index >= 15 is 0 Å². The van der Waals surface area contributed by atoms with Crippen LogP contribution in [-0.4, -0.2) is 9.97 Å². The summed E-state index contributed by atoms with van der Waals surface area (Å²) in [6, 6.07) is 10.4. The molecule has 4 heteroatoms. The number of rotatable bonds is 3. The van der Waals surface area contributed by atoms with Crippen LogP contribution < -0.4 is 5.32 Å². The Hall–Kier alpha value is -1.94. The van der Waals surface area contributed by atoms with Crippen LogP contribution in [0.4, 0.5) is 11.5 Å². The highest BCUT2D eigenvalue weighted by molar-refractivity contribution is 7.19. The maximum Gasteiger partial charge on any atom is 0.143 e. The number of nitrogens with zero attached hydrogens (tertiary/aromatic N) is 2. The lowest BCUT2D eigenvalue weighted by Crippen LogP contribution is -2.03. The van der Waals surface area contributed by atoms with E-state index < -0.39 is 0 Å². The molecule has 0 saturated heterocycles. The molecule has 3 nitrogen and oxygen atoms in total. The first-order valence-electron chi connectivity index (χ1n) is 8.53. The molecule has 1 aromatic carbocycles. The zero-order valence-electron chi connectivity index (χ0n) is 13.0. The second kappa shape index (κ2) is 5.31. The number of fused-ring (bicyclic) bond motifs is 3. The molecule has 2 aliphatic carbocycles. The fourth-order valence-corrected chi connectivity index (χ4v) is 4.71. The number of para-hydroxylation sites is 1. The minimum atomic E-state index is 0.579. The summed E-state index contributed by atoms with van der Waals surface area (Å²) in [7, 11) is 0.